The van der Waals surface area contributed by atoms with Crippen LogP contribution in [0.15, 0.2) is 18.2 Å². The van der Waals surface area contributed by atoms with E-state index in [-0.39, 0.29) is 5.97 Å². The van der Waals surface area contributed by atoms with Crippen molar-refractivity contribution in [1.29, 1.82) is 0 Å². The maximum atomic E-state index is 11.5. The van der Waals surface area contributed by atoms with Gasteiger partial charge >= 0.3 is 5.97 Å². The van der Waals surface area contributed by atoms with E-state index >= 15 is 0 Å². The summed E-state index contributed by atoms with van der Waals surface area (Å²) in [6.45, 7) is 2.04. The van der Waals surface area contributed by atoms with Crippen molar-refractivity contribution in [3.63, 3.8) is 0 Å². The van der Waals surface area contributed by atoms with Crippen LogP contribution in [0, 0.1) is 6.92 Å². The smallest absolute Gasteiger partial charge is 0.337 e. The predicted molar refractivity (Wildman–Crippen MR) is 73.3 cm³/mol. The van der Waals surface area contributed by atoms with Crippen LogP contribution in [0.2, 0.25) is 0 Å². The molecule has 1 heterocycles. The summed E-state index contributed by atoms with van der Waals surface area (Å²) < 4.78 is 7.07. The van der Waals surface area contributed by atoms with Crippen molar-refractivity contribution in [3.8, 4) is 0 Å². The molecule has 1 aromatic heterocycles. The van der Waals surface area contributed by atoms with Crippen LogP contribution in [-0.4, -0.2) is 22.6 Å². The van der Waals surface area contributed by atoms with Gasteiger partial charge in [-0.1, -0.05) is 12.8 Å². The molecular weight excluding hydrogens is 240 g/mol. The first-order valence-corrected chi connectivity index (χ1v) is 6.77. The number of ether oxygens (including phenoxy) is 1. The molecular formula is C15H18N2O2. The van der Waals surface area contributed by atoms with Crippen LogP contribution in [0.4, 0.5) is 0 Å². The van der Waals surface area contributed by atoms with Gasteiger partial charge in [0.05, 0.1) is 23.7 Å². The van der Waals surface area contributed by atoms with E-state index < -0.39 is 0 Å². The van der Waals surface area contributed by atoms with Gasteiger partial charge in [0.2, 0.25) is 0 Å². The van der Waals surface area contributed by atoms with Gasteiger partial charge < -0.3 is 9.30 Å². The largest absolute Gasteiger partial charge is 0.465 e. The molecule has 4 heteroatoms. The molecule has 0 amide bonds. The molecule has 1 aliphatic rings. The zero-order valence-electron chi connectivity index (χ0n) is 11.3. The van der Waals surface area contributed by atoms with E-state index in [0.29, 0.717) is 11.6 Å². The third-order valence-corrected chi connectivity index (χ3v) is 3.98. The van der Waals surface area contributed by atoms with Crippen LogP contribution in [-0.2, 0) is 4.74 Å². The highest BCUT2D eigenvalue weighted by Crippen LogP contribution is 2.33. The highest BCUT2D eigenvalue weighted by Gasteiger charge is 2.21. The summed E-state index contributed by atoms with van der Waals surface area (Å²) in [4.78, 5) is 16.1. The Labute approximate surface area is 112 Å². The van der Waals surface area contributed by atoms with Crippen molar-refractivity contribution in [2.24, 2.45) is 0 Å². The number of carbonyl (C=O) groups is 1. The molecule has 1 aliphatic carbocycles. The summed E-state index contributed by atoms with van der Waals surface area (Å²) in [6, 6.07) is 6.19. The first-order chi connectivity index (χ1) is 9.20. The van der Waals surface area contributed by atoms with Crippen LogP contribution in [0.25, 0.3) is 11.0 Å². The Hall–Kier alpha value is -1.84. The summed E-state index contributed by atoms with van der Waals surface area (Å²) in [5.74, 6) is 0.721. The van der Waals surface area contributed by atoms with Gasteiger partial charge in [-0.3, -0.25) is 0 Å². The Morgan fingerprint density at radius 2 is 2.11 bits per heavy atom. The van der Waals surface area contributed by atoms with Crippen molar-refractivity contribution in [2.45, 2.75) is 38.6 Å². The molecule has 4 nitrogen and oxygen atoms in total. The number of benzene rings is 1. The second kappa shape index (κ2) is 4.68. The molecule has 3 rings (SSSR count). The van der Waals surface area contributed by atoms with Gasteiger partial charge in [0.15, 0.2) is 0 Å². The molecule has 100 valence electrons. The molecule has 1 saturated carbocycles. The average Bonchev–Trinajstić information content (AvgIpc) is 3.02. The van der Waals surface area contributed by atoms with Crippen LogP contribution < -0.4 is 0 Å². The van der Waals surface area contributed by atoms with E-state index in [1.165, 1.54) is 32.8 Å². The minimum atomic E-state index is -0.310. The lowest BCUT2D eigenvalue weighted by Gasteiger charge is -2.14. The quantitative estimate of drug-likeness (QED) is 0.777. The summed E-state index contributed by atoms with van der Waals surface area (Å²) >= 11 is 0. The number of aromatic nitrogens is 2. The summed E-state index contributed by atoms with van der Waals surface area (Å²) in [7, 11) is 1.40. The third kappa shape index (κ3) is 2.01. The molecule has 0 N–H and O–H groups in total. The Balaban J connectivity index is 2.09. The van der Waals surface area contributed by atoms with Gasteiger partial charge in [-0.15, -0.1) is 0 Å². The lowest BCUT2D eigenvalue weighted by Crippen LogP contribution is -2.06. The minimum Gasteiger partial charge on any atom is -0.465 e. The number of fused-ring (bicyclic) bond motifs is 1. The number of hydrogen-bond acceptors (Lipinski definition) is 3. The normalized spacial score (nSPS) is 16.1. The van der Waals surface area contributed by atoms with E-state index in [1.54, 1.807) is 0 Å². The maximum Gasteiger partial charge on any atom is 0.337 e. The van der Waals surface area contributed by atoms with Crippen molar-refractivity contribution < 1.29 is 9.53 Å². The SMILES string of the molecule is COC(=O)c1ccc2c(c1)nc(C)n2C1CCCC1. The van der Waals surface area contributed by atoms with Gasteiger partial charge in [-0.2, -0.15) is 0 Å². The van der Waals surface area contributed by atoms with Gasteiger partial charge in [0.1, 0.15) is 5.82 Å². The summed E-state index contributed by atoms with van der Waals surface area (Å²) in [6.07, 6.45) is 5.05. The molecule has 0 aliphatic heterocycles. The standard InChI is InChI=1S/C15H18N2O2/c1-10-16-13-9-11(15(18)19-2)7-8-14(13)17(10)12-5-3-4-6-12/h7-9,12H,3-6H2,1-2H3. The molecule has 0 spiro atoms. The first kappa shape index (κ1) is 12.2. The zero-order chi connectivity index (χ0) is 13.4. The van der Waals surface area contributed by atoms with Crippen molar-refractivity contribution in [1.82, 2.24) is 9.55 Å². The number of rotatable bonds is 2. The van der Waals surface area contributed by atoms with Gasteiger partial charge in [-0.05, 0) is 38.0 Å². The maximum absolute atomic E-state index is 11.5. The molecule has 0 atom stereocenters. The van der Waals surface area contributed by atoms with Crippen LogP contribution >= 0.6 is 0 Å². The van der Waals surface area contributed by atoms with Crippen molar-refractivity contribution in [2.75, 3.05) is 7.11 Å². The number of methoxy groups -OCH3 is 1. The van der Waals surface area contributed by atoms with Gasteiger partial charge in [0, 0.05) is 6.04 Å². The number of nitrogens with zero attached hydrogens (tertiary/aromatic N) is 2. The summed E-state index contributed by atoms with van der Waals surface area (Å²) in [5, 5.41) is 0. The highest BCUT2D eigenvalue weighted by molar-refractivity contribution is 5.93. The number of carbonyl (C=O) groups excluding carboxylic acids is 1. The Kier molecular flexibility index (Phi) is 3.01. The van der Waals surface area contributed by atoms with Crippen molar-refractivity contribution in [3.05, 3.63) is 29.6 Å². The molecule has 0 radical (unpaired) electrons. The highest BCUT2D eigenvalue weighted by atomic mass is 16.5. The van der Waals surface area contributed by atoms with E-state index in [9.17, 15) is 4.79 Å². The molecule has 1 fully saturated rings. The second-order valence-electron chi connectivity index (χ2n) is 5.16. The van der Waals surface area contributed by atoms with E-state index in [4.69, 9.17) is 4.74 Å². The Morgan fingerprint density at radius 3 is 2.79 bits per heavy atom. The lowest BCUT2D eigenvalue weighted by atomic mass is 10.2. The average molecular weight is 258 g/mol. The molecule has 2 aromatic rings. The second-order valence-corrected chi connectivity index (χ2v) is 5.16. The minimum absolute atomic E-state index is 0.310. The molecule has 0 saturated heterocycles. The first-order valence-electron chi connectivity index (χ1n) is 6.77. The monoisotopic (exact) mass is 258 g/mol. The van der Waals surface area contributed by atoms with Crippen LogP contribution in [0.5, 0.6) is 0 Å². The van der Waals surface area contributed by atoms with Gasteiger partial charge in [-0.25, -0.2) is 9.78 Å². The van der Waals surface area contributed by atoms with Crippen molar-refractivity contribution >= 4 is 17.0 Å². The molecule has 0 unspecified atom stereocenters. The predicted octanol–water partition coefficient (Wildman–Crippen LogP) is 3.25. The summed E-state index contributed by atoms with van der Waals surface area (Å²) in [5.41, 5.74) is 2.57. The molecule has 19 heavy (non-hydrogen) atoms. The third-order valence-electron chi connectivity index (χ3n) is 3.98. The van der Waals surface area contributed by atoms with E-state index in [1.807, 2.05) is 25.1 Å². The fourth-order valence-electron chi connectivity index (χ4n) is 3.09. The van der Waals surface area contributed by atoms with E-state index in [2.05, 4.69) is 9.55 Å². The topological polar surface area (TPSA) is 44.1 Å². The number of esters is 1. The number of imidazole rings is 1. The Morgan fingerprint density at radius 1 is 1.37 bits per heavy atom. The van der Waals surface area contributed by atoms with Crippen LogP contribution in [0.3, 0.4) is 0 Å². The fourth-order valence-corrected chi connectivity index (χ4v) is 3.09. The van der Waals surface area contributed by atoms with Crippen LogP contribution in [0.1, 0.15) is 47.9 Å². The lowest BCUT2D eigenvalue weighted by molar-refractivity contribution is 0.0601. The number of hydrogen-bond donors (Lipinski definition) is 0. The molecule has 0 bridgehead atoms. The van der Waals surface area contributed by atoms with Gasteiger partial charge in [0.25, 0.3) is 0 Å². The zero-order valence-corrected chi connectivity index (χ0v) is 11.3. The fraction of sp³-hybridized carbons (Fsp3) is 0.467. The Bertz CT molecular complexity index is 624. The van der Waals surface area contributed by atoms with E-state index in [0.717, 1.165) is 16.9 Å². The molecule has 1 aromatic carbocycles. The number of aryl methyl sites for hydroxylation is 1.